The maximum absolute atomic E-state index is 6.16. The van der Waals surface area contributed by atoms with Gasteiger partial charge in [0.05, 0.1) is 11.0 Å². The van der Waals surface area contributed by atoms with Crippen molar-refractivity contribution in [3.8, 4) is 39.7 Å². The summed E-state index contributed by atoms with van der Waals surface area (Å²) in [5, 5.41) is 2.19. The van der Waals surface area contributed by atoms with Crippen LogP contribution in [0.15, 0.2) is 148 Å². The minimum absolute atomic E-state index is 0.602. The van der Waals surface area contributed by atoms with Gasteiger partial charge in [0.2, 0.25) is 11.8 Å². The van der Waals surface area contributed by atoms with Crippen molar-refractivity contribution in [2.75, 3.05) is 0 Å². The lowest BCUT2D eigenvalue weighted by molar-refractivity contribution is 0.619. The second-order valence-corrected chi connectivity index (χ2v) is 10.7. The van der Waals surface area contributed by atoms with Crippen LogP contribution < -0.4 is 0 Å². The molecule has 5 heteroatoms. The van der Waals surface area contributed by atoms with Gasteiger partial charge in [0, 0.05) is 27.6 Å². The van der Waals surface area contributed by atoms with Crippen molar-refractivity contribution in [2.45, 2.75) is 0 Å². The predicted octanol–water partition coefficient (Wildman–Crippen LogP) is 10.1. The molecule has 0 bridgehead atoms. The third-order valence-electron chi connectivity index (χ3n) is 8.06. The summed E-state index contributed by atoms with van der Waals surface area (Å²) in [6.07, 6.45) is 0. The molecule has 3 aromatic heterocycles. The summed E-state index contributed by atoms with van der Waals surface area (Å²) < 4.78 is 14.6. The molecule has 9 rings (SSSR count). The molecule has 6 aromatic carbocycles. The molecular formula is C38H23N3O2. The van der Waals surface area contributed by atoms with E-state index in [0.29, 0.717) is 11.8 Å². The normalized spacial score (nSPS) is 11.7. The zero-order valence-electron chi connectivity index (χ0n) is 22.9. The first-order chi connectivity index (χ1) is 21.3. The van der Waals surface area contributed by atoms with Gasteiger partial charge < -0.3 is 13.4 Å². The standard InChI is InChI=1S/C38H23N3O2/c1-2-9-24(10-3-1)25-11-8-12-28(21-25)41-33-19-17-26(37-39-31-13-4-6-15-35(31)42-37)22-29(33)30-23-27(18-20-34(30)41)38-40-32-14-5-7-16-36(32)43-38/h1-23H. The molecular weight excluding hydrogens is 530 g/mol. The summed E-state index contributed by atoms with van der Waals surface area (Å²) in [5.74, 6) is 1.20. The monoisotopic (exact) mass is 553 g/mol. The predicted molar refractivity (Wildman–Crippen MR) is 172 cm³/mol. The first-order valence-corrected chi connectivity index (χ1v) is 14.2. The second-order valence-electron chi connectivity index (χ2n) is 10.7. The third kappa shape index (κ3) is 3.86. The van der Waals surface area contributed by atoms with Crippen LogP contribution in [-0.2, 0) is 0 Å². The third-order valence-corrected chi connectivity index (χ3v) is 8.06. The highest BCUT2D eigenvalue weighted by atomic mass is 16.4. The number of para-hydroxylation sites is 4. The van der Waals surface area contributed by atoms with Gasteiger partial charge in [-0.3, -0.25) is 0 Å². The molecule has 0 unspecified atom stereocenters. The Hall–Kier alpha value is -5.94. The number of fused-ring (bicyclic) bond motifs is 5. The number of rotatable bonds is 4. The van der Waals surface area contributed by atoms with Crippen molar-refractivity contribution in [1.29, 1.82) is 0 Å². The summed E-state index contributed by atoms with van der Waals surface area (Å²) in [5.41, 5.74) is 10.7. The summed E-state index contributed by atoms with van der Waals surface area (Å²) in [7, 11) is 0. The van der Waals surface area contributed by atoms with Crippen LogP contribution in [0.25, 0.3) is 83.7 Å². The Morgan fingerprint density at radius 2 is 0.953 bits per heavy atom. The van der Waals surface area contributed by atoms with Crippen molar-refractivity contribution < 1.29 is 8.83 Å². The molecule has 0 saturated heterocycles. The van der Waals surface area contributed by atoms with Crippen LogP contribution in [0.5, 0.6) is 0 Å². The van der Waals surface area contributed by atoms with E-state index in [1.54, 1.807) is 0 Å². The van der Waals surface area contributed by atoms with Gasteiger partial charge in [-0.15, -0.1) is 0 Å². The molecule has 43 heavy (non-hydrogen) atoms. The summed E-state index contributed by atoms with van der Waals surface area (Å²) in [6, 6.07) is 47.7. The summed E-state index contributed by atoms with van der Waals surface area (Å²) >= 11 is 0. The lowest BCUT2D eigenvalue weighted by Gasteiger charge is -2.10. The van der Waals surface area contributed by atoms with Crippen molar-refractivity contribution >= 4 is 44.0 Å². The quantitative estimate of drug-likeness (QED) is 0.218. The zero-order valence-corrected chi connectivity index (χ0v) is 22.9. The molecule has 0 radical (unpaired) electrons. The number of oxazole rings is 2. The van der Waals surface area contributed by atoms with Crippen molar-refractivity contribution in [3.05, 3.63) is 140 Å². The van der Waals surface area contributed by atoms with Crippen LogP contribution in [0.1, 0.15) is 0 Å². The van der Waals surface area contributed by atoms with Gasteiger partial charge in [0.1, 0.15) is 11.0 Å². The van der Waals surface area contributed by atoms with Gasteiger partial charge in [0.25, 0.3) is 0 Å². The van der Waals surface area contributed by atoms with Gasteiger partial charge in [-0.05, 0) is 83.9 Å². The average Bonchev–Trinajstić information content (AvgIpc) is 3.78. The molecule has 0 fully saturated rings. The highest BCUT2D eigenvalue weighted by Gasteiger charge is 2.18. The first-order valence-electron chi connectivity index (χ1n) is 14.2. The van der Waals surface area contributed by atoms with Gasteiger partial charge in [-0.25, -0.2) is 9.97 Å². The van der Waals surface area contributed by atoms with Crippen molar-refractivity contribution in [1.82, 2.24) is 14.5 Å². The number of nitrogens with zero attached hydrogens (tertiary/aromatic N) is 3. The fourth-order valence-corrected chi connectivity index (χ4v) is 6.01. The fourth-order valence-electron chi connectivity index (χ4n) is 6.01. The van der Waals surface area contributed by atoms with E-state index < -0.39 is 0 Å². The number of benzene rings is 6. The minimum Gasteiger partial charge on any atom is -0.436 e. The molecule has 0 aliphatic rings. The molecule has 0 aliphatic heterocycles. The summed E-state index contributed by atoms with van der Waals surface area (Å²) in [4.78, 5) is 9.54. The van der Waals surface area contributed by atoms with Crippen LogP contribution in [0.2, 0.25) is 0 Å². The van der Waals surface area contributed by atoms with Gasteiger partial charge >= 0.3 is 0 Å². The molecule has 5 nitrogen and oxygen atoms in total. The van der Waals surface area contributed by atoms with E-state index >= 15 is 0 Å². The second kappa shape index (κ2) is 9.29. The molecule has 202 valence electrons. The highest BCUT2D eigenvalue weighted by Crippen LogP contribution is 2.38. The molecule has 9 aromatic rings. The molecule has 0 spiro atoms. The van der Waals surface area contributed by atoms with E-state index in [1.165, 1.54) is 11.1 Å². The van der Waals surface area contributed by atoms with Gasteiger partial charge in [0.15, 0.2) is 11.2 Å². The SMILES string of the molecule is c1ccc(-c2cccc(-n3c4ccc(-c5nc6ccccc6o5)cc4c4cc(-c5nc6ccccc6o5)ccc43)c2)cc1. The van der Waals surface area contributed by atoms with Crippen LogP contribution in [0.4, 0.5) is 0 Å². The molecule has 0 N–H and O–H groups in total. The molecule has 0 amide bonds. The molecule has 0 aliphatic carbocycles. The van der Waals surface area contributed by atoms with E-state index in [0.717, 1.165) is 60.8 Å². The maximum Gasteiger partial charge on any atom is 0.227 e. The lowest BCUT2D eigenvalue weighted by atomic mass is 10.1. The Bertz CT molecular complexity index is 2270. The average molecular weight is 554 g/mol. The number of aromatic nitrogens is 3. The Balaban J connectivity index is 1.29. The summed E-state index contributed by atoms with van der Waals surface area (Å²) in [6.45, 7) is 0. The Labute approximate surface area is 246 Å². The smallest absolute Gasteiger partial charge is 0.227 e. The van der Waals surface area contributed by atoms with E-state index in [1.807, 2.05) is 54.6 Å². The maximum atomic E-state index is 6.16. The zero-order chi connectivity index (χ0) is 28.3. The Morgan fingerprint density at radius 3 is 1.53 bits per heavy atom. The Kier molecular flexibility index (Phi) is 5.13. The van der Waals surface area contributed by atoms with Gasteiger partial charge in [-0.2, -0.15) is 0 Å². The molecule has 3 heterocycles. The number of hydrogen-bond donors (Lipinski definition) is 0. The Morgan fingerprint density at radius 1 is 0.419 bits per heavy atom. The van der Waals surface area contributed by atoms with Crippen molar-refractivity contribution in [2.24, 2.45) is 0 Å². The minimum atomic E-state index is 0.602. The lowest BCUT2D eigenvalue weighted by Crippen LogP contribution is -1.94. The van der Waals surface area contributed by atoms with E-state index in [4.69, 9.17) is 18.8 Å². The number of hydrogen-bond acceptors (Lipinski definition) is 4. The van der Waals surface area contributed by atoms with Crippen molar-refractivity contribution in [3.63, 3.8) is 0 Å². The van der Waals surface area contributed by atoms with E-state index in [-0.39, 0.29) is 0 Å². The van der Waals surface area contributed by atoms with Crippen LogP contribution in [0.3, 0.4) is 0 Å². The molecule has 0 atom stereocenters. The van der Waals surface area contributed by atoms with E-state index in [9.17, 15) is 0 Å². The fraction of sp³-hybridized carbons (Fsp3) is 0. The van der Waals surface area contributed by atoms with Crippen LogP contribution in [-0.4, -0.2) is 14.5 Å². The first kappa shape index (κ1) is 23.7. The molecule has 0 saturated carbocycles. The van der Waals surface area contributed by atoms with Crippen LogP contribution >= 0.6 is 0 Å². The topological polar surface area (TPSA) is 57.0 Å². The van der Waals surface area contributed by atoms with Gasteiger partial charge in [-0.1, -0.05) is 66.7 Å². The van der Waals surface area contributed by atoms with Crippen LogP contribution in [0, 0.1) is 0 Å². The highest BCUT2D eigenvalue weighted by molar-refractivity contribution is 6.11. The largest absolute Gasteiger partial charge is 0.436 e. The van der Waals surface area contributed by atoms with E-state index in [2.05, 4.69) is 89.5 Å².